The molecule has 3 nitrogen and oxygen atoms in total. The van der Waals surface area contributed by atoms with E-state index in [1.165, 1.54) is 0 Å². The maximum absolute atomic E-state index is 13.9. The topological polar surface area (TPSA) is 45.8 Å². The van der Waals surface area contributed by atoms with Gasteiger partial charge in [-0.3, -0.25) is 4.79 Å². The number of aromatic nitrogens is 2. The van der Waals surface area contributed by atoms with Crippen LogP contribution in [0.3, 0.4) is 0 Å². The molecular weight excluding hydrogens is 443 g/mol. The van der Waals surface area contributed by atoms with Gasteiger partial charge in [0, 0.05) is 5.56 Å². The Morgan fingerprint density at radius 1 is 0.606 bits per heavy atom. The Morgan fingerprint density at radius 2 is 1.00 bits per heavy atom. The Balaban J connectivity index is 1.89. The van der Waals surface area contributed by atoms with Crippen molar-refractivity contribution < 1.29 is 0 Å². The van der Waals surface area contributed by atoms with Crippen LogP contribution >= 0.6 is 19.9 Å². The summed E-state index contributed by atoms with van der Waals surface area (Å²) in [6, 6.07) is 40.4. The molecule has 0 spiro atoms. The van der Waals surface area contributed by atoms with Crippen molar-refractivity contribution in [2.75, 3.05) is 0 Å². The molecule has 1 aromatic heterocycles. The first kappa shape index (κ1) is 21.4. The number of nitrogens with zero attached hydrogens (tertiary/aromatic N) is 1. The molecule has 4 aromatic carbocycles. The van der Waals surface area contributed by atoms with Crippen molar-refractivity contribution in [2.24, 2.45) is 0 Å². The standard InChI is InChI=1S/C28H21N2OPS/c31-27-25(28(33)30-26(29-27)21-13-5-1-6-14-21)32(22-15-7-2-8-16-22,23-17-9-3-10-18-23)24-19-11-4-12-20-24/h1-20H,(H-,29,30,31,33)/p+1. The van der Waals surface area contributed by atoms with Gasteiger partial charge in [-0.25, -0.2) is 4.98 Å². The average Bonchev–Trinajstić information content (AvgIpc) is 2.88. The molecule has 0 aliphatic heterocycles. The summed E-state index contributed by atoms with van der Waals surface area (Å²) in [4.78, 5) is 21.7. The van der Waals surface area contributed by atoms with E-state index in [9.17, 15) is 4.79 Å². The molecule has 0 unspecified atom stereocenters. The molecule has 5 aromatic rings. The lowest BCUT2D eigenvalue weighted by atomic mass is 10.2. The number of hydrogen-bond acceptors (Lipinski definition) is 3. The molecule has 1 N–H and O–H groups in total. The molecule has 0 radical (unpaired) electrons. The molecule has 0 aliphatic rings. The van der Waals surface area contributed by atoms with Gasteiger partial charge in [0.25, 0.3) is 5.56 Å². The Morgan fingerprint density at radius 3 is 1.39 bits per heavy atom. The maximum Gasteiger partial charge on any atom is 0.296 e. The predicted molar refractivity (Wildman–Crippen MR) is 142 cm³/mol. The van der Waals surface area contributed by atoms with Crippen molar-refractivity contribution in [2.45, 2.75) is 5.03 Å². The van der Waals surface area contributed by atoms with E-state index >= 15 is 0 Å². The summed E-state index contributed by atoms with van der Waals surface area (Å²) < 4.78 is 0. The second-order valence-electron chi connectivity index (χ2n) is 7.63. The third-order valence-electron chi connectivity index (χ3n) is 5.69. The predicted octanol–water partition coefficient (Wildman–Crippen LogP) is 4.35. The number of nitrogens with one attached hydrogen (secondary N) is 1. The van der Waals surface area contributed by atoms with E-state index in [-0.39, 0.29) is 5.56 Å². The van der Waals surface area contributed by atoms with Gasteiger partial charge >= 0.3 is 0 Å². The zero-order chi connectivity index (χ0) is 22.7. The highest BCUT2D eigenvalue weighted by Crippen LogP contribution is 2.54. The van der Waals surface area contributed by atoms with Crippen LogP contribution in [0, 0.1) is 0 Å². The van der Waals surface area contributed by atoms with E-state index in [0.29, 0.717) is 16.2 Å². The number of rotatable bonds is 5. The largest absolute Gasteiger partial charge is 0.303 e. The number of hydrogen-bond donors (Lipinski definition) is 2. The van der Waals surface area contributed by atoms with Crippen molar-refractivity contribution in [3.63, 3.8) is 0 Å². The van der Waals surface area contributed by atoms with Crippen LogP contribution in [0.5, 0.6) is 0 Å². The lowest BCUT2D eigenvalue weighted by molar-refractivity contribution is 1.06. The molecule has 160 valence electrons. The number of H-pyrrole nitrogens is 1. The molecule has 0 amide bonds. The van der Waals surface area contributed by atoms with Gasteiger partial charge in [0.05, 0.1) is 0 Å². The fourth-order valence-corrected chi connectivity index (χ4v) is 9.17. The van der Waals surface area contributed by atoms with Crippen LogP contribution in [0.2, 0.25) is 0 Å². The van der Waals surface area contributed by atoms with Gasteiger partial charge in [-0.05, 0) is 36.4 Å². The number of thiol groups is 1. The summed E-state index contributed by atoms with van der Waals surface area (Å²) >= 11 is 4.83. The Labute approximate surface area is 199 Å². The van der Waals surface area contributed by atoms with Crippen LogP contribution in [0.25, 0.3) is 11.4 Å². The van der Waals surface area contributed by atoms with Gasteiger partial charge in [0.15, 0.2) is 7.26 Å². The summed E-state index contributed by atoms with van der Waals surface area (Å²) in [5.74, 6) is 0.515. The Bertz CT molecular complexity index is 1330. The Hall–Kier alpha value is -3.46. The third kappa shape index (κ3) is 3.82. The second kappa shape index (κ2) is 9.19. The molecule has 0 fully saturated rings. The lowest BCUT2D eigenvalue weighted by Gasteiger charge is -2.27. The summed E-state index contributed by atoms with van der Waals surface area (Å²) in [6.07, 6.45) is 0. The molecule has 0 saturated carbocycles. The van der Waals surface area contributed by atoms with Crippen molar-refractivity contribution in [3.8, 4) is 11.4 Å². The fraction of sp³-hybridized carbons (Fsp3) is 0. The van der Waals surface area contributed by atoms with E-state index in [0.717, 1.165) is 21.5 Å². The Kier molecular flexibility index (Phi) is 5.95. The smallest absolute Gasteiger partial charge is 0.296 e. The van der Waals surface area contributed by atoms with Gasteiger partial charge < -0.3 is 4.98 Å². The van der Waals surface area contributed by atoms with Gasteiger partial charge in [0.2, 0.25) is 5.30 Å². The van der Waals surface area contributed by atoms with E-state index in [4.69, 9.17) is 17.6 Å². The van der Waals surface area contributed by atoms with E-state index in [1.54, 1.807) is 0 Å². The van der Waals surface area contributed by atoms with Crippen molar-refractivity contribution in [3.05, 3.63) is 132 Å². The third-order valence-corrected chi connectivity index (χ3v) is 10.5. The number of aromatic amines is 1. The normalized spacial score (nSPS) is 11.3. The highest BCUT2D eigenvalue weighted by Gasteiger charge is 2.51. The molecule has 5 heteroatoms. The molecule has 1 heterocycles. The van der Waals surface area contributed by atoms with Gasteiger partial charge in [-0.2, -0.15) is 0 Å². The monoisotopic (exact) mass is 465 g/mol. The van der Waals surface area contributed by atoms with Crippen LogP contribution in [0.1, 0.15) is 0 Å². The number of benzene rings is 4. The highest BCUT2D eigenvalue weighted by molar-refractivity contribution is 8.02. The van der Waals surface area contributed by atoms with Gasteiger partial charge in [0.1, 0.15) is 26.8 Å². The molecule has 0 bridgehead atoms. The maximum atomic E-state index is 13.9. The first-order valence-electron chi connectivity index (χ1n) is 10.7. The zero-order valence-electron chi connectivity index (χ0n) is 17.8. The van der Waals surface area contributed by atoms with Crippen molar-refractivity contribution >= 4 is 41.1 Å². The minimum Gasteiger partial charge on any atom is -0.303 e. The first-order valence-corrected chi connectivity index (χ1v) is 12.9. The summed E-state index contributed by atoms with van der Waals surface area (Å²) in [6.45, 7) is 0. The van der Waals surface area contributed by atoms with E-state index in [2.05, 4.69) is 41.4 Å². The van der Waals surface area contributed by atoms with Crippen molar-refractivity contribution in [1.82, 2.24) is 9.97 Å². The van der Waals surface area contributed by atoms with Gasteiger partial charge in [-0.1, -0.05) is 84.9 Å². The van der Waals surface area contributed by atoms with Crippen LogP contribution < -0.4 is 26.8 Å². The lowest BCUT2D eigenvalue weighted by Crippen LogP contribution is -2.46. The van der Waals surface area contributed by atoms with E-state index < -0.39 is 7.26 Å². The second-order valence-corrected chi connectivity index (χ2v) is 11.4. The van der Waals surface area contributed by atoms with Crippen molar-refractivity contribution in [1.29, 1.82) is 0 Å². The van der Waals surface area contributed by atoms with Gasteiger partial charge in [-0.15, -0.1) is 12.6 Å². The minimum absolute atomic E-state index is 0.168. The molecule has 0 saturated heterocycles. The summed E-state index contributed by atoms with van der Waals surface area (Å²) in [5, 5.41) is 4.30. The molecular formula is C28H22N2OPS+. The summed E-state index contributed by atoms with van der Waals surface area (Å²) in [5.41, 5.74) is 0.679. The summed E-state index contributed by atoms with van der Waals surface area (Å²) in [7, 11) is -2.57. The SMILES string of the molecule is O=c1[nH]c(-c2ccccc2)nc(S)c1[P+](c1ccccc1)(c1ccccc1)c1ccccc1. The quantitative estimate of drug-likeness (QED) is 0.230. The van der Waals surface area contributed by atoms with Crippen LogP contribution in [0.4, 0.5) is 0 Å². The molecule has 33 heavy (non-hydrogen) atoms. The average molecular weight is 466 g/mol. The van der Waals surface area contributed by atoms with Crippen LogP contribution in [-0.2, 0) is 0 Å². The zero-order valence-corrected chi connectivity index (χ0v) is 19.6. The van der Waals surface area contributed by atoms with Crippen LogP contribution in [-0.4, -0.2) is 9.97 Å². The fourth-order valence-electron chi connectivity index (χ4n) is 4.28. The molecule has 5 rings (SSSR count). The first-order chi connectivity index (χ1) is 16.2. The van der Waals surface area contributed by atoms with E-state index in [1.807, 2.05) is 84.9 Å². The molecule has 0 aliphatic carbocycles. The minimum atomic E-state index is -2.57. The van der Waals surface area contributed by atoms with Crippen LogP contribution in [0.15, 0.2) is 131 Å². The highest BCUT2D eigenvalue weighted by atomic mass is 32.1. The molecule has 0 atom stereocenters.